The highest BCUT2D eigenvalue weighted by Crippen LogP contribution is 2.24. The van der Waals surface area contributed by atoms with Gasteiger partial charge in [0, 0.05) is 19.6 Å². The molecular weight excluding hydrogens is 262 g/mol. The summed E-state index contributed by atoms with van der Waals surface area (Å²) in [6.07, 6.45) is 1.39. The number of carboxylic acid groups (broad SMARTS) is 1. The lowest BCUT2D eigenvalue weighted by Crippen LogP contribution is -2.54. The van der Waals surface area contributed by atoms with Crippen molar-refractivity contribution in [3.8, 4) is 0 Å². The van der Waals surface area contributed by atoms with E-state index >= 15 is 0 Å². The van der Waals surface area contributed by atoms with Crippen LogP contribution >= 0.6 is 0 Å². The Bertz CT molecular complexity index is 507. The van der Waals surface area contributed by atoms with E-state index in [4.69, 9.17) is 10.8 Å². The minimum absolute atomic E-state index is 0.00913. The number of amides is 1. The van der Waals surface area contributed by atoms with Gasteiger partial charge in [0.2, 0.25) is 5.91 Å². The molecule has 1 aliphatic rings. The first-order chi connectivity index (χ1) is 9.43. The number of nitrogens with two attached hydrogens (primary N) is 1. The largest absolute Gasteiger partial charge is 0.476 e. The molecule has 0 aromatic carbocycles. The molecule has 0 radical (unpaired) electrons. The monoisotopic (exact) mass is 281 g/mol. The smallest absolute Gasteiger partial charge is 0.358 e. The number of hydrogen-bond donors (Lipinski definition) is 2. The molecule has 0 bridgehead atoms. The number of aromatic nitrogens is 3. The zero-order chi connectivity index (χ0) is 14.9. The lowest BCUT2D eigenvalue weighted by atomic mass is 9.92. The van der Waals surface area contributed by atoms with E-state index in [9.17, 15) is 9.59 Å². The van der Waals surface area contributed by atoms with Crippen molar-refractivity contribution in [2.24, 2.45) is 17.6 Å². The Morgan fingerprint density at radius 2 is 2.15 bits per heavy atom. The number of carbonyl (C=O) groups is 2. The number of carboxylic acids is 1. The van der Waals surface area contributed by atoms with Gasteiger partial charge in [0.05, 0.1) is 18.2 Å². The van der Waals surface area contributed by atoms with Crippen LogP contribution < -0.4 is 5.73 Å². The van der Waals surface area contributed by atoms with Crippen LogP contribution in [0, 0.1) is 11.8 Å². The van der Waals surface area contributed by atoms with Gasteiger partial charge in [0.25, 0.3) is 0 Å². The van der Waals surface area contributed by atoms with Gasteiger partial charge in [-0.1, -0.05) is 19.1 Å². The number of carbonyl (C=O) groups excluding carboxylic acids is 1. The van der Waals surface area contributed by atoms with E-state index in [1.807, 2.05) is 13.8 Å². The van der Waals surface area contributed by atoms with E-state index in [1.54, 1.807) is 4.90 Å². The van der Waals surface area contributed by atoms with Crippen LogP contribution in [0.3, 0.4) is 0 Å². The van der Waals surface area contributed by atoms with Crippen molar-refractivity contribution in [1.82, 2.24) is 19.9 Å². The average Bonchev–Trinajstić information content (AvgIpc) is 2.76. The van der Waals surface area contributed by atoms with Crippen LogP contribution in [0.5, 0.6) is 0 Å². The van der Waals surface area contributed by atoms with E-state index in [-0.39, 0.29) is 29.5 Å². The third-order valence-corrected chi connectivity index (χ3v) is 3.65. The molecule has 1 atom stereocenters. The Balaban J connectivity index is 1.93. The normalized spacial score (nSPS) is 17.1. The molecular formula is C12H19N5O3. The molecule has 0 saturated carbocycles. The average molecular weight is 281 g/mol. The van der Waals surface area contributed by atoms with Crippen molar-refractivity contribution in [3.05, 3.63) is 11.9 Å². The summed E-state index contributed by atoms with van der Waals surface area (Å²) < 4.78 is 1.50. The molecule has 1 aromatic heterocycles. The summed E-state index contributed by atoms with van der Waals surface area (Å²) >= 11 is 0. The number of likely N-dealkylation sites (tertiary alicyclic amines) is 1. The summed E-state index contributed by atoms with van der Waals surface area (Å²) in [6.45, 7) is 5.33. The van der Waals surface area contributed by atoms with Gasteiger partial charge in [-0.25, -0.2) is 9.48 Å². The van der Waals surface area contributed by atoms with Gasteiger partial charge in [-0.15, -0.1) is 5.10 Å². The lowest BCUT2D eigenvalue weighted by molar-refractivity contribution is -0.142. The van der Waals surface area contributed by atoms with Gasteiger partial charge < -0.3 is 15.7 Å². The van der Waals surface area contributed by atoms with E-state index in [2.05, 4.69) is 10.3 Å². The molecule has 2 rings (SSSR count). The Morgan fingerprint density at radius 1 is 1.50 bits per heavy atom. The summed E-state index contributed by atoms with van der Waals surface area (Å²) in [5.74, 6) is -1.01. The molecule has 1 fully saturated rings. The van der Waals surface area contributed by atoms with Gasteiger partial charge >= 0.3 is 5.97 Å². The molecule has 8 nitrogen and oxygen atoms in total. The summed E-state index contributed by atoms with van der Waals surface area (Å²) in [7, 11) is 0. The molecule has 2 heterocycles. The van der Waals surface area contributed by atoms with Crippen molar-refractivity contribution in [2.45, 2.75) is 19.9 Å². The minimum atomic E-state index is -1.11. The number of rotatable bonds is 5. The first kappa shape index (κ1) is 14.4. The molecule has 110 valence electrons. The van der Waals surface area contributed by atoms with Crippen LogP contribution in [-0.2, 0) is 4.79 Å². The summed E-state index contributed by atoms with van der Waals surface area (Å²) in [5.41, 5.74) is 5.55. The van der Waals surface area contributed by atoms with Gasteiger partial charge in [-0.3, -0.25) is 4.79 Å². The predicted molar refractivity (Wildman–Crippen MR) is 70.0 cm³/mol. The van der Waals surface area contributed by atoms with E-state index < -0.39 is 5.97 Å². The van der Waals surface area contributed by atoms with Crippen molar-refractivity contribution in [3.63, 3.8) is 0 Å². The number of hydrogen-bond acceptors (Lipinski definition) is 5. The Morgan fingerprint density at radius 3 is 2.60 bits per heavy atom. The fraction of sp³-hybridized carbons (Fsp3) is 0.667. The van der Waals surface area contributed by atoms with E-state index in [1.165, 1.54) is 10.9 Å². The van der Waals surface area contributed by atoms with E-state index in [0.717, 1.165) is 0 Å². The Hall–Kier alpha value is -1.96. The predicted octanol–water partition coefficient (Wildman–Crippen LogP) is -0.409. The second kappa shape index (κ2) is 5.58. The zero-order valence-electron chi connectivity index (χ0n) is 11.6. The maximum atomic E-state index is 12.2. The topological polar surface area (TPSA) is 114 Å². The second-order valence-corrected chi connectivity index (χ2v) is 5.37. The molecule has 1 amide bonds. The highest BCUT2D eigenvalue weighted by atomic mass is 16.4. The fourth-order valence-electron chi connectivity index (χ4n) is 2.25. The molecule has 20 heavy (non-hydrogen) atoms. The first-order valence-electron chi connectivity index (χ1n) is 6.58. The van der Waals surface area contributed by atoms with Gasteiger partial charge in [0.1, 0.15) is 0 Å². The summed E-state index contributed by atoms with van der Waals surface area (Å²) in [6, 6.07) is -0.00913. The highest BCUT2D eigenvalue weighted by Gasteiger charge is 2.36. The standard InChI is InChI=1S/C12H19N5O3/c1-7(2)9(3-13)11(18)16-4-8(5-16)17-6-10(12(19)20)14-15-17/h6-9H,3-5,13H2,1-2H3,(H,19,20). The highest BCUT2D eigenvalue weighted by molar-refractivity contribution is 5.84. The van der Waals surface area contributed by atoms with Crippen LogP contribution in [0.1, 0.15) is 30.4 Å². The number of nitrogens with zero attached hydrogens (tertiary/aromatic N) is 4. The van der Waals surface area contributed by atoms with Crippen molar-refractivity contribution < 1.29 is 14.7 Å². The van der Waals surface area contributed by atoms with Crippen molar-refractivity contribution >= 4 is 11.9 Å². The first-order valence-corrected chi connectivity index (χ1v) is 6.58. The van der Waals surface area contributed by atoms with Crippen LogP contribution in [-0.4, -0.2) is 56.5 Å². The SMILES string of the molecule is CC(C)C(CN)C(=O)N1CC(n2cc(C(=O)O)nn2)C1. The fourth-order valence-corrected chi connectivity index (χ4v) is 2.25. The molecule has 0 aliphatic carbocycles. The maximum absolute atomic E-state index is 12.2. The molecule has 3 N–H and O–H groups in total. The molecule has 0 spiro atoms. The third-order valence-electron chi connectivity index (χ3n) is 3.65. The maximum Gasteiger partial charge on any atom is 0.358 e. The molecule has 1 unspecified atom stereocenters. The molecule has 1 aliphatic heterocycles. The number of aromatic carboxylic acids is 1. The molecule has 1 aromatic rings. The Labute approximate surface area is 116 Å². The van der Waals surface area contributed by atoms with Crippen LogP contribution in [0.15, 0.2) is 6.20 Å². The van der Waals surface area contributed by atoms with Crippen LogP contribution in [0.2, 0.25) is 0 Å². The Kier molecular flexibility index (Phi) is 4.03. The molecule has 8 heteroatoms. The summed E-state index contributed by atoms with van der Waals surface area (Å²) in [5, 5.41) is 16.1. The van der Waals surface area contributed by atoms with Gasteiger partial charge in [0.15, 0.2) is 5.69 Å². The molecule has 1 saturated heterocycles. The van der Waals surface area contributed by atoms with Gasteiger partial charge in [-0.05, 0) is 5.92 Å². The van der Waals surface area contributed by atoms with Crippen molar-refractivity contribution in [2.75, 3.05) is 19.6 Å². The van der Waals surface area contributed by atoms with Crippen molar-refractivity contribution in [1.29, 1.82) is 0 Å². The van der Waals surface area contributed by atoms with Crippen LogP contribution in [0.25, 0.3) is 0 Å². The zero-order valence-corrected chi connectivity index (χ0v) is 11.6. The lowest BCUT2D eigenvalue weighted by Gasteiger charge is -2.41. The quantitative estimate of drug-likeness (QED) is 0.758. The van der Waals surface area contributed by atoms with Gasteiger partial charge in [-0.2, -0.15) is 0 Å². The van der Waals surface area contributed by atoms with E-state index in [0.29, 0.717) is 19.6 Å². The second-order valence-electron chi connectivity index (χ2n) is 5.37. The minimum Gasteiger partial charge on any atom is -0.476 e. The third kappa shape index (κ3) is 2.64. The summed E-state index contributed by atoms with van der Waals surface area (Å²) in [4.78, 5) is 24.6. The van der Waals surface area contributed by atoms with Crippen LogP contribution in [0.4, 0.5) is 0 Å².